The summed E-state index contributed by atoms with van der Waals surface area (Å²) in [6, 6.07) is 13.5. The number of hydrogen-bond donors (Lipinski definition) is 3. The Kier molecular flexibility index (Phi) is 6.32. The molecule has 1 atom stereocenters. The monoisotopic (exact) mass is 482 g/mol. The fourth-order valence-corrected chi connectivity index (χ4v) is 4.43. The Morgan fingerprint density at radius 2 is 1.97 bits per heavy atom. The van der Waals surface area contributed by atoms with Crippen molar-refractivity contribution in [3.05, 3.63) is 82.4 Å². The molecular formula is C24H24ClFN6O2. The Bertz CT molecular complexity index is 1170. The highest BCUT2D eigenvalue weighted by molar-refractivity contribution is 6.30. The molecule has 8 nitrogen and oxygen atoms in total. The lowest BCUT2D eigenvalue weighted by atomic mass is 9.89. The van der Waals surface area contributed by atoms with Gasteiger partial charge < -0.3 is 20.8 Å². The van der Waals surface area contributed by atoms with Crippen LogP contribution in [0.1, 0.15) is 23.2 Å². The van der Waals surface area contributed by atoms with E-state index >= 15 is 0 Å². The number of carbonyl (C=O) groups excluding carboxylic acids is 1. The third-order valence-electron chi connectivity index (χ3n) is 6.12. The van der Waals surface area contributed by atoms with Gasteiger partial charge in [0.15, 0.2) is 0 Å². The van der Waals surface area contributed by atoms with Gasteiger partial charge in [0.05, 0.1) is 17.8 Å². The Morgan fingerprint density at radius 1 is 1.18 bits per heavy atom. The standard InChI is InChI=1S/C24H24ClFN6O2/c25-18-3-1-17(2-4-18)24(10-11-27-15-24)31-23(33)34-32-12-9-16-13-28-22(30-21(16)14-32)29-20-7-5-19(26)6-8-20/h1-8,13,27H,9-12,14-15H2,(H,31,33)(H,28,29,30). The van der Waals surface area contributed by atoms with Gasteiger partial charge in [-0.05, 0) is 66.9 Å². The van der Waals surface area contributed by atoms with Crippen molar-refractivity contribution in [3.63, 3.8) is 0 Å². The maximum Gasteiger partial charge on any atom is 0.427 e. The molecule has 0 aliphatic carbocycles. The summed E-state index contributed by atoms with van der Waals surface area (Å²) in [7, 11) is 0. The van der Waals surface area contributed by atoms with Gasteiger partial charge in [0, 0.05) is 30.0 Å². The largest absolute Gasteiger partial charge is 0.427 e. The Hall–Kier alpha value is -3.27. The molecule has 0 bridgehead atoms. The molecule has 0 saturated carbocycles. The molecule has 10 heteroatoms. The molecule has 1 amide bonds. The van der Waals surface area contributed by atoms with Crippen molar-refractivity contribution in [1.29, 1.82) is 0 Å². The molecular weight excluding hydrogens is 459 g/mol. The molecule has 1 aromatic heterocycles. The number of nitrogens with one attached hydrogen (secondary N) is 3. The molecule has 2 aliphatic heterocycles. The number of rotatable bonds is 5. The second-order valence-electron chi connectivity index (χ2n) is 8.43. The summed E-state index contributed by atoms with van der Waals surface area (Å²) in [6.45, 7) is 2.29. The number of anilines is 2. The van der Waals surface area contributed by atoms with Crippen molar-refractivity contribution < 1.29 is 14.0 Å². The van der Waals surface area contributed by atoms with Crippen LogP contribution in [0.15, 0.2) is 54.7 Å². The Morgan fingerprint density at radius 3 is 2.71 bits per heavy atom. The second-order valence-corrected chi connectivity index (χ2v) is 8.87. The first-order chi connectivity index (χ1) is 16.5. The first-order valence-electron chi connectivity index (χ1n) is 11.1. The van der Waals surface area contributed by atoms with Gasteiger partial charge in [-0.3, -0.25) is 0 Å². The molecule has 0 radical (unpaired) electrons. The van der Waals surface area contributed by atoms with E-state index in [1.807, 2.05) is 24.3 Å². The minimum atomic E-state index is -0.552. The lowest BCUT2D eigenvalue weighted by Gasteiger charge is -2.32. The van der Waals surface area contributed by atoms with E-state index in [1.54, 1.807) is 23.4 Å². The summed E-state index contributed by atoms with van der Waals surface area (Å²) >= 11 is 6.04. The number of aromatic nitrogens is 2. The fraction of sp³-hybridized carbons (Fsp3) is 0.292. The number of hydroxylamine groups is 2. The summed E-state index contributed by atoms with van der Waals surface area (Å²) in [6.07, 6.45) is 2.66. The zero-order valence-corrected chi connectivity index (χ0v) is 19.1. The van der Waals surface area contributed by atoms with Crippen molar-refractivity contribution >= 4 is 29.3 Å². The SMILES string of the molecule is O=C(NC1(c2ccc(Cl)cc2)CCNC1)ON1CCc2cnc(Nc3ccc(F)cc3)nc2C1. The second kappa shape index (κ2) is 9.54. The van der Waals surface area contributed by atoms with Crippen LogP contribution in [0.3, 0.4) is 0 Å². The topological polar surface area (TPSA) is 91.4 Å². The van der Waals surface area contributed by atoms with Crippen LogP contribution in [0, 0.1) is 5.82 Å². The van der Waals surface area contributed by atoms with Gasteiger partial charge in [-0.2, -0.15) is 0 Å². The molecule has 3 heterocycles. The zero-order chi connectivity index (χ0) is 23.5. The van der Waals surface area contributed by atoms with Crippen LogP contribution in [0.4, 0.5) is 20.8 Å². The Labute approximate surface area is 201 Å². The lowest BCUT2D eigenvalue weighted by molar-refractivity contribution is -0.114. The van der Waals surface area contributed by atoms with Crippen molar-refractivity contribution in [2.45, 2.75) is 24.9 Å². The highest BCUT2D eigenvalue weighted by atomic mass is 35.5. The smallest absolute Gasteiger partial charge is 0.351 e. The molecule has 2 aromatic carbocycles. The normalized spacial score (nSPS) is 19.9. The third-order valence-corrected chi connectivity index (χ3v) is 6.37. The number of benzene rings is 2. The minimum Gasteiger partial charge on any atom is -0.351 e. The van der Waals surface area contributed by atoms with E-state index in [0.717, 1.165) is 29.8 Å². The van der Waals surface area contributed by atoms with Gasteiger partial charge in [-0.1, -0.05) is 23.7 Å². The number of nitrogens with zero attached hydrogens (tertiary/aromatic N) is 3. The number of fused-ring (bicyclic) bond motifs is 1. The predicted molar refractivity (Wildman–Crippen MR) is 126 cm³/mol. The van der Waals surface area contributed by atoms with E-state index in [4.69, 9.17) is 16.4 Å². The van der Waals surface area contributed by atoms with Crippen molar-refractivity contribution in [3.8, 4) is 0 Å². The summed E-state index contributed by atoms with van der Waals surface area (Å²) < 4.78 is 13.1. The summed E-state index contributed by atoms with van der Waals surface area (Å²) in [5.41, 5.74) is 2.88. The highest BCUT2D eigenvalue weighted by Gasteiger charge is 2.38. The van der Waals surface area contributed by atoms with Gasteiger partial charge in [0.1, 0.15) is 5.82 Å². The van der Waals surface area contributed by atoms with E-state index in [2.05, 4.69) is 25.9 Å². The van der Waals surface area contributed by atoms with E-state index in [0.29, 0.717) is 42.7 Å². The molecule has 176 valence electrons. The van der Waals surface area contributed by atoms with E-state index < -0.39 is 11.6 Å². The maximum absolute atomic E-state index is 13.1. The molecule has 0 spiro atoms. The van der Waals surface area contributed by atoms with Crippen molar-refractivity contribution in [2.24, 2.45) is 0 Å². The Balaban J connectivity index is 1.24. The number of carbonyl (C=O) groups is 1. The van der Waals surface area contributed by atoms with Gasteiger partial charge >= 0.3 is 6.09 Å². The van der Waals surface area contributed by atoms with Crippen LogP contribution in [0.2, 0.25) is 5.02 Å². The van der Waals surface area contributed by atoms with Crippen LogP contribution in [0.25, 0.3) is 0 Å². The fourth-order valence-electron chi connectivity index (χ4n) is 4.30. The molecule has 3 N–H and O–H groups in total. The van der Waals surface area contributed by atoms with Crippen LogP contribution in [0.5, 0.6) is 0 Å². The van der Waals surface area contributed by atoms with Crippen molar-refractivity contribution in [2.75, 3.05) is 25.0 Å². The van der Waals surface area contributed by atoms with E-state index in [9.17, 15) is 9.18 Å². The third kappa shape index (κ3) is 4.96. The minimum absolute atomic E-state index is 0.311. The molecule has 1 saturated heterocycles. The first-order valence-corrected chi connectivity index (χ1v) is 11.5. The van der Waals surface area contributed by atoms with E-state index in [-0.39, 0.29) is 5.82 Å². The molecule has 3 aromatic rings. The predicted octanol–water partition coefficient (Wildman–Crippen LogP) is 3.90. The van der Waals surface area contributed by atoms with E-state index in [1.165, 1.54) is 12.1 Å². The number of halogens is 2. The highest BCUT2D eigenvalue weighted by Crippen LogP contribution is 2.29. The van der Waals surface area contributed by atoms with Gasteiger partial charge in [0.2, 0.25) is 5.95 Å². The van der Waals surface area contributed by atoms with Gasteiger partial charge in [0.25, 0.3) is 0 Å². The van der Waals surface area contributed by atoms with Crippen LogP contribution < -0.4 is 16.0 Å². The lowest BCUT2D eigenvalue weighted by Crippen LogP contribution is -2.49. The molecule has 5 rings (SSSR count). The first kappa shape index (κ1) is 22.5. The summed E-state index contributed by atoms with van der Waals surface area (Å²) in [4.78, 5) is 27.4. The number of hydrogen-bond acceptors (Lipinski definition) is 7. The van der Waals surface area contributed by atoms with Gasteiger partial charge in [-0.25, -0.2) is 19.2 Å². The van der Waals surface area contributed by atoms with Crippen LogP contribution >= 0.6 is 11.6 Å². The molecule has 1 fully saturated rings. The summed E-state index contributed by atoms with van der Waals surface area (Å²) in [5, 5.41) is 11.7. The quantitative estimate of drug-likeness (QED) is 0.508. The summed E-state index contributed by atoms with van der Waals surface area (Å²) in [5.74, 6) is 0.0876. The van der Waals surface area contributed by atoms with Crippen molar-refractivity contribution in [1.82, 2.24) is 25.7 Å². The van der Waals surface area contributed by atoms with Crippen LogP contribution in [-0.4, -0.2) is 40.8 Å². The maximum atomic E-state index is 13.1. The average Bonchev–Trinajstić information content (AvgIpc) is 3.30. The molecule has 34 heavy (non-hydrogen) atoms. The molecule has 1 unspecified atom stereocenters. The van der Waals surface area contributed by atoms with Gasteiger partial charge in [-0.15, -0.1) is 5.06 Å². The zero-order valence-electron chi connectivity index (χ0n) is 18.4. The molecule has 2 aliphatic rings. The average molecular weight is 483 g/mol. The number of amides is 1. The van der Waals surface area contributed by atoms with Crippen LogP contribution in [-0.2, 0) is 23.3 Å².